The maximum absolute atomic E-state index is 6.04. The number of fused-ring (bicyclic) bond motifs is 1. The molecule has 1 fully saturated rings. The third-order valence-corrected chi connectivity index (χ3v) is 4.03. The molecule has 0 spiro atoms. The molecular formula is C14H16BrN3. The van der Waals surface area contributed by atoms with Gasteiger partial charge >= 0.3 is 0 Å². The van der Waals surface area contributed by atoms with Crippen LogP contribution in [-0.2, 0) is 0 Å². The second-order valence-electron chi connectivity index (χ2n) is 5.06. The van der Waals surface area contributed by atoms with E-state index in [0.29, 0.717) is 0 Å². The Hall–Kier alpha value is -1.29. The van der Waals surface area contributed by atoms with E-state index in [0.717, 1.165) is 40.1 Å². The molecule has 2 aromatic rings. The van der Waals surface area contributed by atoms with Crippen molar-refractivity contribution in [2.75, 3.05) is 23.7 Å². The van der Waals surface area contributed by atoms with Gasteiger partial charge in [0.25, 0.3) is 0 Å². The summed E-state index contributed by atoms with van der Waals surface area (Å²) >= 11 is 3.45. The quantitative estimate of drug-likeness (QED) is 0.821. The molecule has 1 aromatic heterocycles. The fourth-order valence-electron chi connectivity index (χ4n) is 2.61. The number of hydrogen-bond donors (Lipinski definition) is 1. The number of hydrogen-bond acceptors (Lipinski definition) is 3. The van der Waals surface area contributed by atoms with E-state index in [-0.39, 0.29) is 0 Å². The summed E-state index contributed by atoms with van der Waals surface area (Å²) in [6.07, 6.45) is 3.09. The molecular weight excluding hydrogens is 290 g/mol. The average molecular weight is 306 g/mol. The van der Waals surface area contributed by atoms with Crippen LogP contribution in [0.3, 0.4) is 0 Å². The van der Waals surface area contributed by atoms with E-state index < -0.39 is 0 Å². The Balaban J connectivity index is 2.15. The number of pyridine rings is 1. The van der Waals surface area contributed by atoms with Crippen molar-refractivity contribution in [3.8, 4) is 0 Å². The lowest BCUT2D eigenvalue weighted by molar-refractivity contribution is 0.659. The Kier molecular flexibility index (Phi) is 2.90. The summed E-state index contributed by atoms with van der Waals surface area (Å²) in [5, 5.41) is 1.03. The van der Waals surface area contributed by atoms with Gasteiger partial charge in [0, 0.05) is 34.8 Å². The number of nitrogen functional groups attached to an aromatic ring is 1. The normalized spacial score (nSPS) is 19.7. The van der Waals surface area contributed by atoms with Gasteiger partial charge in [0.05, 0.1) is 11.2 Å². The van der Waals surface area contributed by atoms with Crippen molar-refractivity contribution < 1.29 is 0 Å². The SMILES string of the molecule is CC1CCN(c2ccc(N)c3cc(Br)cnc23)C1. The largest absolute Gasteiger partial charge is 0.398 e. The zero-order valence-electron chi connectivity index (χ0n) is 10.4. The third-order valence-electron chi connectivity index (χ3n) is 3.59. The van der Waals surface area contributed by atoms with Gasteiger partial charge in [-0.15, -0.1) is 0 Å². The number of anilines is 2. The molecule has 0 amide bonds. The number of benzene rings is 1. The molecule has 0 saturated carbocycles. The molecule has 2 heterocycles. The predicted octanol–water partition coefficient (Wildman–Crippen LogP) is 3.43. The molecule has 1 unspecified atom stereocenters. The zero-order valence-corrected chi connectivity index (χ0v) is 11.9. The van der Waals surface area contributed by atoms with Crippen LogP contribution >= 0.6 is 15.9 Å². The van der Waals surface area contributed by atoms with E-state index in [9.17, 15) is 0 Å². The molecule has 4 heteroatoms. The van der Waals surface area contributed by atoms with Crippen molar-refractivity contribution >= 4 is 38.2 Å². The fourth-order valence-corrected chi connectivity index (χ4v) is 2.94. The Morgan fingerprint density at radius 1 is 1.44 bits per heavy atom. The molecule has 1 atom stereocenters. The van der Waals surface area contributed by atoms with Gasteiger partial charge in [-0.3, -0.25) is 4.98 Å². The highest BCUT2D eigenvalue weighted by molar-refractivity contribution is 9.10. The topological polar surface area (TPSA) is 42.1 Å². The third kappa shape index (κ3) is 1.94. The maximum Gasteiger partial charge on any atom is 0.0956 e. The summed E-state index contributed by atoms with van der Waals surface area (Å²) in [5.74, 6) is 0.757. The molecule has 3 nitrogen and oxygen atoms in total. The summed E-state index contributed by atoms with van der Waals surface area (Å²) in [6.45, 7) is 4.51. The fraction of sp³-hybridized carbons (Fsp3) is 0.357. The zero-order chi connectivity index (χ0) is 12.7. The van der Waals surface area contributed by atoms with E-state index >= 15 is 0 Å². The number of rotatable bonds is 1. The van der Waals surface area contributed by atoms with Gasteiger partial charge in [0.1, 0.15) is 0 Å². The summed E-state index contributed by atoms with van der Waals surface area (Å²) in [5.41, 5.74) is 9.04. The minimum atomic E-state index is 0.757. The van der Waals surface area contributed by atoms with Crippen LogP contribution in [0.4, 0.5) is 11.4 Å². The van der Waals surface area contributed by atoms with Gasteiger partial charge in [-0.2, -0.15) is 0 Å². The number of halogens is 1. The molecule has 0 bridgehead atoms. The second-order valence-corrected chi connectivity index (χ2v) is 5.98. The molecule has 1 aliphatic rings. The Bertz CT molecular complexity index is 597. The lowest BCUT2D eigenvalue weighted by Crippen LogP contribution is -2.19. The molecule has 3 rings (SSSR count). The van der Waals surface area contributed by atoms with Crippen LogP contribution in [0, 0.1) is 5.92 Å². The van der Waals surface area contributed by atoms with Crippen LogP contribution in [0.25, 0.3) is 10.9 Å². The van der Waals surface area contributed by atoms with Crippen molar-refractivity contribution in [3.63, 3.8) is 0 Å². The minimum Gasteiger partial charge on any atom is -0.398 e. The van der Waals surface area contributed by atoms with Gasteiger partial charge in [-0.1, -0.05) is 6.92 Å². The Morgan fingerprint density at radius 3 is 3.00 bits per heavy atom. The maximum atomic E-state index is 6.04. The van der Waals surface area contributed by atoms with E-state index in [4.69, 9.17) is 5.73 Å². The highest BCUT2D eigenvalue weighted by Gasteiger charge is 2.21. The van der Waals surface area contributed by atoms with Crippen LogP contribution in [-0.4, -0.2) is 18.1 Å². The highest BCUT2D eigenvalue weighted by Crippen LogP contribution is 2.33. The summed E-state index contributed by atoms with van der Waals surface area (Å²) < 4.78 is 0.966. The molecule has 1 aliphatic heterocycles. The van der Waals surface area contributed by atoms with Crippen molar-refractivity contribution in [1.29, 1.82) is 0 Å². The van der Waals surface area contributed by atoms with Gasteiger partial charge in [-0.25, -0.2) is 0 Å². The summed E-state index contributed by atoms with van der Waals surface area (Å²) in [6, 6.07) is 6.12. The average Bonchev–Trinajstić information content (AvgIpc) is 2.77. The molecule has 18 heavy (non-hydrogen) atoms. The van der Waals surface area contributed by atoms with Crippen LogP contribution in [0.2, 0.25) is 0 Å². The molecule has 94 valence electrons. The standard InChI is InChI=1S/C14H16BrN3/c1-9-4-5-18(8-9)13-3-2-12(16)11-6-10(15)7-17-14(11)13/h2-3,6-7,9H,4-5,8,16H2,1H3. The predicted molar refractivity (Wildman–Crippen MR) is 79.8 cm³/mol. The van der Waals surface area contributed by atoms with Crippen molar-refractivity contribution in [2.24, 2.45) is 5.92 Å². The Labute approximate surface area is 115 Å². The molecule has 0 aliphatic carbocycles. The van der Waals surface area contributed by atoms with Gasteiger partial charge in [0.2, 0.25) is 0 Å². The minimum absolute atomic E-state index is 0.757. The van der Waals surface area contributed by atoms with Crippen molar-refractivity contribution in [2.45, 2.75) is 13.3 Å². The van der Waals surface area contributed by atoms with E-state index in [1.54, 1.807) is 0 Å². The van der Waals surface area contributed by atoms with E-state index in [1.807, 2.05) is 18.3 Å². The molecule has 1 saturated heterocycles. The monoisotopic (exact) mass is 305 g/mol. The van der Waals surface area contributed by atoms with Crippen LogP contribution in [0.5, 0.6) is 0 Å². The first-order valence-electron chi connectivity index (χ1n) is 6.24. The first-order valence-corrected chi connectivity index (χ1v) is 7.03. The van der Waals surface area contributed by atoms with Gasteiger partial charge in [0.15, 0.2) is 0 Å². The lowest BCUT2D eigenvalue weighted by Gasteiger charge is -2.20. The van der Waals surface area contributed by atoms with E-state index in [2.05, 4.69) is 38.8 Å². The van der Waals surface area contributed by atoms with Crippen LogP contribution in [0.15, 0.2) is 28.9 Å². The summed E-state index contributed by atoms with van der Waals surface area (Å²) in [4.78, 5) is 6.95. The van der Waals surface area contributed by atoms with Crippen LogP contribution < -0.4 is 10.6 Å². The first kappa shape index (κ1) is 11.8. The highest BCUT2D eigenvalue weighted by atomic mass is 79.9. The molecule has 0 radical (unpaired) electrons. The number of nitrogens with two attached hydrogens (primary N) is 1. The Morgan fingerprint density at radius 2 is 2.28 bits per heavy atom. The summed E-state index contributed by atoms with van der Waals surface area (Å²) in [7, 11) is 0. The van der Waals surface area contributed by atoms with Gasteiger partial charge < -0.3 is 10.6 Å². The smallest absolute Gasteiger partial charge is 0.0956 e. The molecule has 2 N–H and O–H groups in total. The van der Waals surface area contributed by atoms with E-state index in [1.165, 1.54) is 12.1 Å². The number of aromatic nitrogens is 1. The van der Waals surface area contributed by atoms with Crippen molar-refractivity contribution in [3.05, 3.63) is 28.9 Å². The number of nitrogens with zero attached hydrogens (tertiary/aromatic N) is 2. The van der Waals surface area contributed by atoms with Gasteiger partial charge in [-0.05, 0) is 46.5 Å². The van der Waals surface area contributed by atoms with Crippen molar-refractivity contribution in [1.82, 2.24) is 4.98 Å². The second kappa shape index (κ2) is 4.43. The molecule has 1 aromatic carbocycles. The first-order chi connectivity index (χ1) is 8.65. The lowest BCUT2D eigenvalue weighted by atomic mass is 10.1. The van der Waals surface area contributed by atoms with Crippen LogP contribution in [0.1, 0.15) is 13.3 Å².